The lowest BCUT2D eigenvalue weighted by atomic mass is 9.88. The van der Waals surface area contributed by atoms with E-state index in [1.165, 1.54) is 10.6 Å². The number of benzene rings is 1. The highest BCUT2D eigenvalue weighted by molar-refractivity contribution is 9.10. The summed E-state index contributed by atoms with van der Waals surface area (Å²) < 4.78 is 26.9. The Morgan fingerprint density at radius 2 is 2.00 bits per heavy atom. The van der Waals surface area contributed by atoms with Gasteiger partial charge in [0, 0.05) is 23.1 Å². The second kappa shape index (κ2) is 5.60. The maximum absolute atomic E-state index is 12.3. The van der Waals surface area contributed by atoms with Crippen molar-refractivity contribution in [2.75, 3.05) is 12.8 Å². The van der Waals surface area contributed by atoms with Crippen LogP contribution in [-0.2, 0) is 10.0 Å². The fourth-order valence-corrected chi connectivity index (χ4v) is 4.74. The van der Waals surface area contributed by atoms with Crippen molar-refractivity contribution in [1.82, 2.24) is 4.31 Å². The molecule has 1 saturated heterocycles. The van der Waals surface area contributed by atoms with E-state index in [0.29, 0.717) is 13.0 Å². The van der Waals surface area contributed by atoms with Crippen LogP contribution in [0.2, 0.25) is 0 Å². The van der Waals surface area contributed by atoms with Crippen molar-refractivity contribution < 1.29 is 8.42 Å². The van der Waals surface area contributed by atoms with Crippen LogP contribution in [-0.4, -0.2) is 36.8 Å². The molecule has 0 radical (unpaired) electrons. The molecule has 23 heavy (non-hydrogen) atoms. The second-order valence-corrected chi connectivity index (χ2v) is 8.84. The van der Waals surface area contributed by atoms with Crippen LogP contribution in [0.4, 0.5) is 0 Å². The maximum atomic E-state index is 12.3. The van der Waals surface area contributed by atoms with Crippen molar-refractivity contribution in [3.05, 3.63) is 51.6 Å². The summed E-state index contributed by atoms with van der Waals surface area (Å²) in [5.74, 6) is 0. The monoisotopic (exact) mass is 394 g/mol. The summed E-state index contributed by atoms with van der Waals surface area (Å²) in [6.45, 7) is 4.44. The average Bonchev–Trinajstić information content (AvgIpc) is 2.94. The van der Waals surface area contributed by atoms with Gasteiger partial charge in [-0.3, -0.25) is 9.30 Å². The van der Waals surface area contributed by atoms with Crippen LogP contribution in [0.5, 0.6) is 0 Å². The molecule has 0 amide bonds. The summed E-state index contributed by atoms with van der Waals surface area (Å²) in [6.07, 6.45) is 5.91. The van der Waals surface area contributed by atoms with E-state index in [4.69, 9.17) is 4.99 Å². The molecule has 0 saturated carbocycles. The smallest absolute Gasteiger partial charge is 0.232 e. The standard InChI is InChI=1S/C17H19BrN2O2S/c1-12-10-13(2)19-17(12)8-9-20(23(3,21)22)16(17)11-14-6-4-5-7-15(14)18/h4-7,10-11H,8-9H2,1-3H3/b16-11+/t17-/m1/s1. The fraction of sp³-hybridized carbons (Fsp3) is 0.353. The van der Waals surface area contributed by atoms with Crippen molar-refractivity contribution in [2.24, 2.45) is 4.99 Å². The minimum absolute atomic E-state index is 0.455. The Morgan fingerprint density at radius 1 is 1.30 bits per heavy atom. The van der Waals surface area contributed by atoms with E-state index in [1.807, 2.05) is 50.3 Å². The lowest BCUT2D eigenvalue weighted by Gasteiger charge is -2.27. The first-order chi connectivity index (χ1) is 10.7. The van der Waals surface area contributed by atoms with Gasteiger partial charge in [-0.2, -0.15) is 0 Å². The van der Waals surface area contributed by atoms with E-state index in [2.05, 4.69) is 15.9 Å². The Morgan fingerprint density at radius 3 is 2.57 bits per heavy atom. The van der Waals surface area contributed by atoms with Crippen LogP contribution in [0.1, 0.15) is 25.8 Å². The number of hydrogen-bond acceptors (Lipinski definition) is 3. The number of halogens is 1. The van der Waals surface area contributed by atoms with Gasteiger partial charge < -0.3 is 0 Å². The van der Waals surface area contributed by atoms with Gasteiger partial charge in [0.2, 0.25) is 10.0 Å². The number of hydrogen-bond donors (Lipinski definition) is 0. The molecule has 0 aromatic heterocycles. The predicted molar refractivity (Wildman–Crippen MR) is 97.9 cm³/mol. The number of nitrogens with zero attached hydrogens (tertiary/aromatic N) is 2. The van der Waals surface area contributed by atoms with Gasteiger partial charge in [0.15, 0.2) is 0 Å². The average molecular weight is 395 g/mol. The van der Waals surface area contributed by atoms with E-state index in [9.17, 15) is 8.42 Å². The van der Waals surface area contributed by atoms with Gasteiger partial charge in [0.25, 0.3) is 0 Å². The van der Waals surface area contributed by atoms with E-state index >= 15 is 0 Å². The molecule has 3 rings (SSSR count). The molecule has 122 valence electrons. The Labute approximate surface area is 145 Å². The van der Waals surface area contributed by atoms with Gasteiger partial charge in [-0.05, 0) is 43.2 Å². The molecule has 1 aromatic rings. The Kier molecular flexibility index (Phi) is 4.01. The Hall–Kier alpha value is -1.40. The number of sulfonamides is 1. The zero-order valence-corrected chi connectivity index (χ0v) is 15.8. The molecule has 2 heterocycles. The minimum atomic E-state index is -3.34. The maximum Gasteiger partial charge on any atom is 0.232 e. The SMILES string of the molecule is CC1=CC(C)=N[C@]12CCN(S(C)(=O)=O)/C2=C/c1ccccc1Br. The molecule has 2 aliphatic heterocycles. The third-order valence-corrected chi connectivity index (χ3v) is 6.31. The van der Waals surface area contributed by atoms with Crippen molar-refractivity contribution in [2.45, 2.75) is 25.8 Å². The van der Waals surface area contributed by atoms with Gasteiger partial charge in [-0.15, -0.1) is 0 Å². The van der Waals surface area contributed by atoms with Gasteiger partial charge in [-0.25, -0.2) is 8.42 Å². The zero-order chi connectivity index (χ0) is 16.8. The van der Waals surface area contributed by atoms with Crippen molar-refractivity contribution in [3.8, 4) is 0 Å². The molecule has 4 nitrogen and oxygen atoms in total. The first-order valence-electron chi connectivity index (χ1n) is 7.44. The highest BCUT2D eigenvalue weighted by Crippen LogP contribution is 2.46. The molecule has 1 spiro atoms. The van der Waals surface area contributed by atoms with Crippen molar-refractivity contribution in [3.63, 3.8) is 0 Å². The van der Waals surface area contributed by atoms with E-state index in [-0.39, 0.29) is 0 Å². The third kappa shape index (κ3) is 2.78. The first kappa shape index (κ1) is 16.5. The highest BCUT2D eigenvalue weighted by Gasteiger charge is 2.48. The molecular weight excluding hydrogens is 376 g/mol. The lowest BCUT2D eigenvalue weighted by Crippen LogP contribution is -2.32. The first-order valence-corrected chi connectivity index (χ1v) is 10.1. The minimum Gasteiger partial charge on any atom is -0.273 e. The molecule has 0 unspecified atom stereocenters. The molecule has 0 aliphatic carbocycles. The highest BCUT2D eigenvalue weighted by atomic mass is 79.9. The quantitative estimate of drug-likeness (QED) is 0.768. The van der Waals surface area contributed by atoms with Gasteiger partial charge in [0.05, 0.1) is 12.0 Å². The van der Waals surface area contributed by atoms with Crippen LogP contribution >= 0.6 is 15.9 Å². The van der Waals surface area contributed by atoms with E-state index < -0.39 is 15.6 Å². The zero-order valence-electron chi connectivity index (χ0n) is 13.4. The van der Waals surface area contributed by atoms with Crippen LogP contribution in [0, 0.1) is 0 Å². The third-order valence-electron chi connectivity index (χ3n) is 4.41. The lowest BCUT2D eigenvalue weighted by molar-refractivity contribution is 0.515. The number of rotatable bonds is 2. The fourth-order valence-electron chi connectivity index (χ4n) is 3.36. The molecular formula is C17H19BrN2O2S. The predicted octanol–water partition coefficient (Wildman–Crippen LogP) is 3.61. The van der Waals surface area contributed by atoms with Gasteiger partial charge in [-0.1, -0.05) is 34.1 Å². The molecule has 2 aliphatic rings. The molecule has 0 bridgehead atoms. The summed E-state index contributed by atoms with van der Waals surface area (Å²) in [5.41, 5.74) is 3.17. The summed E-state index contributed by atoms with van der Waals surface area (Å²) in [4.78, 5) is 4.81. The van der Waals surface area contributed by atoms with Gasteiger partial charge >= 0.3 is 0 Å². The number of aliphatic imine (C=N–C) groups is 1. The summed E-state index contributed by atoms with van der Waals surface area (Å²) in [5, 5.41) is 0. The Balaban J connectivity index is 2.21. The molecule has 6 heteroatoms. The van der Waals surface area contributed by atoms with E-state index in [1.54, 1.807) is 0 Å². The Bertz CT molecular complexity index is 855. The largest absolute Gasteiger partial charge is 0.273 e. The van der Waals surface area contributed by atoms with Crippen LogP contribution in [0.25, 0.3) is 6.08 Å². The van der Waals surface area contributed by atoms with Crippen LogP contribution in [0.15, 0.2) is 51.1 Å². The van der Waals surface area contributed by atoms with Crippen LogP contribution in [0.3, 0.4) is 0 Å². The number of allylic oxidation sites excluding steroid dienone is 1. The topological polar surface area (TPSA) is 49.7 Å². The molecule has 1 fully saturated rings. The molecule has 1 atom stereocenters. The van der Waals surface area contributed by atoms with Gasteiger partial charge in [0.1, 0.15) is 5.54 Å². The van der Waals surface area contributed by atoms with E-state index in [0.717, 1.165) is 27.0 Å². The second-order valence-electron chi connectivity index (χ2n) is 6.08. The summed E-state index contributed by atoms with van der Waals surface area (Å²) in [7, 11) is -3.34. The molecule has 0 N–H and O–H groups in total. The van der Waals surface area contributed by atoms with Crippen molar-refractivity contribution >= 4 is 37.7 Å². The van der Waals surface area contributed by atoms with Crippen molar-refractivity contribution in [1.29, 1.82) is 0 Å². The van der Waals surface area contributed by atoms with Crippen LogP contribution < -0.4 is 0 Å². The summed E-state index contributed by atoms with van der Waals surface area (Å²) in [6, 6.07) is 7.79. The normalized spacial score (nSPS) is 26.1. The molecule has 1 aromatic carbocycles. The summed E-state index contributed by atoms with van der Waals surface area (Å²) >= 11 is 3.53.